The molecule has 3 N–H and O–H groups in total. The Labute approximate surface area is 334 Å². The summed E-state index contributed by atoms with van der Waals surface area (Å²) in [6.07, 6.45) is 6.74. The van der Waals surface area contributed by atoms with Crippen LogP contribution in [0.2, 0.25) is 0 Å². The molecule has 0 radical (unpaired) electrons. The van der Waals surface area contributed by atoms with Crippen molar-refractivity contribution in [3.8, 4) is 16.9 Å². The number of hydrogen-bond acceptors (Lipinski definition) is 5. The van der Waals surface area contributed by atoms with Crippen molar-refractivity contribution in [3.63, 3.8) is 0 Å². The third-order valence-electron chi connectivity index (χ3n) is 12.1. The fraction of sp³-hybridized carbons (Fsp3) is 0.0980. The molecule has 9 aromatic rings. The summed E-state index contributed by atoms with van der Waals surface area (Å²) in [5.41, 5.74) is 11.0. The quantitative estimate of drug-likeness (QED) is 0.164. The van der Waals surface area contributed by atoms with E-state index in [1.54, 1.807) is 0 Å². The second-order valence-electron chi connectivity index (χ2n) is 15.3. The average molecular weight is 755 g/mol. The van der Waals surface area contributed by atoms with Gasteiger partial charge in [-0.3, -0.25) is 16.0 Å². The van der Waals surface area contributed by atoms with Crippen molar-refractivity contribution in [2.75, 3.05) is 0 Å². The van der Waals surface area contributed by atoms with Gasteiger partial charge in [0.2, 0.25) is 0 Å². The van der Waals surface area contributed by atoms with Crippen molar-refractivity contribution in [2.45, 2.75) is 30.5 Å². The molecule has 4 heterocycles. The lowest BCUT2D eigenvalue weighted by atomic mass is 9.85. The van der Waals surface area contributed by atoms with Crippen LogP contribution in [0, 0.1) is 0 Å². The fourth-order valence-corrected chi connectivity index (χ4v) is 10.9. The smallest absolute Gasteiger partial charge is 0.130 e. The molecule has 4 atom stereocenters. The highest BCUT2D eigenvalue weighted by atomic mass is 32.1. The minimum atomic E-state index is -0.0959. The summed E-state index contributed by atoms with van der Waals surface area (Å²) in [5, 5.41) is 16.8. The number of nitrogens with zero attached hydrogens (tertiary/aromatic N) is 1. The van der Waals surface area contributed by atoms with Gasteiger partial charge in [0.25, 0.3) is 0 Å². The van der Waals surface area contributed by atoms with Crippen LogP contribution in [0.25, 0.3) is 58.8 Å². The van der Waals surface area contributed by atoms with E-state index in [4.69, 9.17) is 4.74 Å². The maximum Gasteiger partial charge on any atom is 0.130 e. The Morgan fingerprint density at radius 2 is 1.05 bits per heavy atom. The zero-order chi connectivity index (χ0) is 37.5. The van der Waals surface area contributed by atoms with E-state index in [1.807, 2.05) is 11.3 Å². The minimum Gasteiger partial charge on any atom is -0.485 e. The molecule has 0 bridgehead atoms. The van der Waals surface area contributed by atoms with Gasteiger partial charge in [0.1, 0.15) is 11.9 Å². The molecule has 2 aliphatic heterocycles. The Morgan fingerprint density at radius 1 is 0.491 bits per heavy atom. The third kappa shape index (κ3) is 5.26. The molecule has 12 rings (SSSR count). The predicted octanol–water partition coefficient (Wildman–Crippen LogP) is 12.0. The molecule has 0 saturated carbocycles. The lowest BCUT2D eigenvalue weighted by molar-refractivity contribution is 0.204. The lowest BCUT2D eigenvalue weighted by Gasteiger charge is -2.39. The number of para-hydroxylation sites is 2. The van der Waals surface area contributed by atoms with Gasteiger partial charge in [-0.25, -0.2) is 0 Å². The number of allylic oxidation sites excluding steroid dienone is 2. The number of hydrogen-bond donors (Lipinski definition) is 3. The number of benzene rings is 7. The highest BCUT2D eigenvalue weighted by Crippen LogP contribution is 2.51. The Balaban J connectivity index is 0.940. The zero-order valence-electron chi connectivity index (χ0n) is 31.0. The molecule has 0 amide bonds. The predicted molar refractivity (Wildman–Crippen MR) is 235 cm³/mol. The van der Waals surface area contributed by atoms with Gasteiger partial charge in [-0.1, -0.05) is 152 Å². The summed E-state index contributed by atoms with van der Waals surface area (Å²) in [5.74, 6) is 1.08. The van der Waals surface area contributed by atoms with E-state index in [2.05, 4.69) is 203 Å². The maximum absolute atomic E-state index is 6.83. The summed E-state index contributed by atoms with van der Waals surface area (Å²) in [6, 6.07) is 58.9. The maximum atomic E-state index is 6.83. The van der Waals surface area contributed by atoms with Crippen LogP contribution < -0.4 is 20.7 Å². The molecule has 57 heavy (non-hydrogen) atoms. The normalized spacial score (nSPS) is 21.5. The van der Waals surface area contributed by atoms with Gasteiger partial charge in [-0.05, 0) is 52.6 Å². The molecule has 274 valence electrons. The van der Waals surface area contributed by atoms with E-state index in [1.165, 1.54) is 75.4 Å². The van der Waals surface area contributed by atoms with Crippen LogP contribution in [0.1, 0.15) is 46.7 Å². The van der Waals surface area contributed by atoms with Crippen molar-refractivity contribution in [2.24, 2.45) is 0 Å². The first-order chi connectivity index (χ1) is 28.3. The van der Waals surface area contributed by atoms with Gasteiger partial charge in [0.15, 0.2) is 0 Å². The monoisotopic (exact) mass is 754 g/mol. The van der Waals surface area contributed by atoms with Gasteiger partial charge in [-0.2, -0.15) is 0 Å². The highest BCUT2D eigenvalue weighted by molar-refractivity contribution is 7.26. The molecular formula is C51H38N4OS. The topological polar surface area (TPSA) is 50.2 Å². The van der Waals surface area contributed by atoms with Crippen molar-refractivity contribution >= 4 is 59.0 Å². The molecule has 2 aromatic heterocycles. The molecular weight excluding hydrogens is 717 g/mol. The molecule has 0 spiro atoms. The molecule has 7 aromatic carbocycles. The van der Waals surface area contributed by atoms with Crippen LogP contribution in [0.5, 0.6) is 5.75 Å². The molecule has 4 unspecified atom stereocenters. The summed E-state index contributed by atoms with van der Waals surface area (Å²) < 4.78 is 11.8. The van der Waals surface area contributed by atoms with Crippen LogP contribution in [-0.2, 0) is 0 Å². The van der Waals surface area contributed by atoms with Gasteiger partial charge in [-0.15, -0.1) is 11.3 Å². The molecule has 1 saturated heterocycles. The van der Waals surface area contributed by atoms with E-state index in [0.717, 1.165) is 11.4 Å². The summed E-state index contributed by atoms with van der Waals surface area (Å²) in [6.45, 7) is 0. The van der Waals surface area contributed by atoms with Gasteiger partial charge < -0.3 is 9.30 Å². The van der Waals surface area contributed by atoms with Crippen LogP contribution in [0.4, 0.5) is 0 Å². The molecule has 1 fully saturated rings. The zero-order valence-corrected chi connectivity index (χ0v) is 31.8. The minimum absolute atomic E-state index is 0.0317. The van der Waals surface area contributed by atoms with Crippen LogP contribution >= 0.6 is 11.3 Å². The second kappa shape index (κ2) is 13.2. The first kappa shape index (κ1) is 32.9. The summed E-state index contributed by atoms with van der Waals surface area (Å²) >= 11 is 1.90. The van der Waals surface area contributed by atoms with Gasteiger partial charge in [0.05, 0.1) is 29.5 Å². The number of rotatable bonds is 5. The van der Waals surface area contributed by atoms with Crippen molar-refractivity contribution in [3.05, 3.63) is 204 Å². The van der Waals surface area contributed by atoms with Crippen LogP contribution in [0.3, 0.4) is 0 Å². The number of ether oxygens (including phenoxy) is 1. The van der Waals surface area contributed by atoms with E-state index in [-0.39, 0.29) is 30.5 Å². The lowest BCUT2D eigenvalue weighted by Crippen LogP contribution is -2.54. The largest absolute Gasteiger partial charge is 0.485 e. The summed E-state index contributed by atoms with van der Waals surface area (Å²) in [4.78, 5) is 0. The first-order valence-electron chi connectivity index (χ1n) is 19.8. The molecule has 3 aliphatic rings. The van der Waals surface area contributed by atoms with Gasteiger partial charge >= 0.3 is 0 Å². The van der Waals surface area contributed by atoms with Crippen molar-refractivity contribution < 1.29 is 4.74 Å². The van der Waals surface area contributed by atoms with Crippen LogP contribution in [-0.4, -0.2) is 10.7 Å². The Kier molecular flexibility index (Phi) is 7.60. The van der Waals surface area contributed by atoms with Crippen molar-refractivity contribution in [1.29, 1.82) is 0 Å². The second-order valence-corrected chi connectivity index (χ2v) is 16.3. The highest BCUT2D eigenvalue weighted by Gasteiger charge is 2.37. The van der Waals surface area contributed by atoms with E-state index in [0.29, 0.717) is 0 Å². The standard InChI is InChI=1S/C51H38N4OS/c1-3-14-31(15-4-1)49-52-50(32-16-5-2-6-17-32)54-51(53-49)41-24-12-23-39-38-22-11-21-37(47(38)57-48(39)41)36-20-13-27-44-46(36)40-29-28-33(30-45(40)56-44)55-42-25-9-7-18-34(42)35-19-8-10-26-43(35)55/h1-30,40,45,49-54H. The SMILES string of the molecule is C1=CC2c3c(cccc3-c3cccc4c3sc3c(C5NC(c6ccccc6)NC(c6ccccc6)N5)cccc34)OC2C=C1n1c2ccccc2c2ccccc21. The van der Waals surface area contributed by atoms with E-state index < -0.39 is 0 Å². The van der Waals surface area contributed by atoms with E-state index in [9.17, 15) is 0 Å². The summed E-state index contributed by atoms with van der Waals surface area (Å²) in [7, 11) is 0. The number of fused-ring (bicyclic) bond motifs is 9. The molecule has 6 heteroatoms. The molecule has 1 aliphatic carbocycles. The fourth-order valence-electron chi connectivity index (χ4n) is 9.51. The number of nitrogens with one attached hydrogen (secondary N) is 3. The number of thiophene rings is 1. The van der Waals surface area contributed by atoms with Gasteiger partial charge in [0, 0.05) is 53.7 Å². The Hall–Kier alpha value is -6.28. The van der Waals surface area contributed by atoms with Crippen molar-refractivity contribution in [1.82, 2.24) is 20.5 Å². The van der Waals surface area contributed by atoms with E-state index >= 15 is 0 Å². The number of aromatic nitrogens is 1. The van der Waals surface area contributed by atoms with Crippen LogP contribution in [0.15, 0.2) is 182 Å². The third-order valence-corrected chi connectivity index (χ3v) is 13.4. The Morgan fingerprint density at radius 3 is 1.75 bits per heavy atom. The first-order valence-corrected chi connectivity index (χ1v) is 20.6. The average Bonchev–Trinajstić information content (AvgIpc) is 3.96. The Bertz CT molecular complexity index is 2970. The molecule has 5 nitrogen and oxygen atoms in total.